The molecule has 2 nitrogen and oxygen atoms in total. The van der Waals surface area contributed by atoms with E-state index in [4.69, 9.17) is 4.42 Å². The summed E-state index contributed by atoms with van der Waals surface area (Å²) < 4.78 is 29.7. The Hall–Kier alpha value is -0.550. The highest BCUT2D eigenvalue weighted by Gasteiger charge is 2.17. The Morgan fingerprint density at radius 2 is 1.95 bits per heavy atom. The fourth-order valence-electron chi connectivity index (χ4n) is 2.88. The number of alkyl halides is 2. The molecular weight excluding hydrogens is 292 g/mol. The summed E-state index contributed by atoms with van der Waals surface area (Å²) in [7, 11) is 0. The second-order valence-corrected chi connectivity index (χ2v) is 7.01. The topological polar surface area (TPSA) is 25.2 Å². The Labute approximate surface area is 130 Å². The molecule has 0 radical (unpaired) electrons. The summed E-state index contributed by atoms with van der Waals surface area (Å²) >= 11 is 0.597. The lowest BCUT2D eigenvalue weighted by atomic mass is 9.81. The van der Waals surface area contributed by atoms with Crippen LogP contribution in [0.1, 0.15) is 50.5 Å². The monoisotopic (exact) mass is 317 g/mol. The lowest BCUT2D eigenvalue weighted by Gasteiger charge is -2.26. The van der Waals surface area contributed by atoms with Crippen LogP contribution in [0.25, 0.3) is 0 Å². The maximum Gasteiger partial charge on any atom is 0.284 e. The normalized spacial score (nSPS) is 22.9. The summed E-state index contributed by atoms with van der Waals surface area (Å²) in [5.74, 6) is 1.12. The Balaban J connectivity index is 1.58. The van der Waals surface area contributed by atoms with Crippen molar-refractivity contribution in [2.75, 3.05) is 6.54 Å². The third kappa shape index (κ3) is 6.39. The lowest BCUT2D eigenvalue weighted by Crippen LogP contribution is -2.20. The Morgan fingerprint density at radius 3 is 2.67 bits per heavy atom. The molecule has 0 amide bonds. The van der Waals surface area contributed by atoms with Crippen LogP contribution < -0.4 is 5.32 Å². The first-order chi connectivity index (χ1) is 10.1. The average Bonchev–Trinajstić information content (AvgIpc) is 2.91. The minimum atomic E-state index is -2.34. The Kier molecular flexibility index (Phi) is 7.04. The van der Waals surface area contributed by atoms with Gasteiger partial charge in [0.25, 0.3) is 5.76 Å². The molecule has 0 atom stereocenters. The molecular formula is C16H25F2NOS. The van der Waals surface area contributed by atoms with E-state index in [0.717, 1.165) is 24.1 Å². The largest absolute Gasteiger partial charge is 0.464 e. The van der Waals surface area contributed by atoms with Gasteiger partial charge >= 0.3 is 0 Å². The third-order valence-corrected chi connectivity index (χ3v) is 4.94. The number of hydrogen-bond donors (Lipinski definition) is 1. The predicted octanol–water partition coefficient (Wildman–Crippen LogP) is 5.04. The van der Waals surface area contributed by atoms with Crippen molar-refractivity contribution < 1.29 is 13.2 Å². The molecule has 0 saturated heterocycles. The molecule has 0 spiro atoms. The first-order valence-electron chi connectivity index (χ1n) is 7.81. The number of halogens is 2. The van der Waals surface area contributed by atoms with Gasteiger partial charge in [0.05, 0.1) is 12.3 Å². The zero-order valence-electron chi connectivity index (χ0n) is 12.6. The van der Waals surface area contributed by atoms with Gasteiger partial charge in [-0.05, 0) is 36.9 Å². The SMILES string of the molecule is CC1CCC(CCNCc2ccc(CSC(F)F)o2)CC1. The van der Waals surface area contributed by atoms with E-state index in [2.05, 4.69) is 12.2 Å². The van der Waals surface area contributed by atoms with E-state index in [1.165, 1.54) is 32.1 Å². The molecule has 21 heavy (non-hydrogen) atoms. The lowest BCUT2D eigenvalue weighted by molar-refractivity contribution is 0.251. The van der Waals surface area contributed by atoms with Gasteiger partial charge in [-0.15, -0.1) is 0 Å². The van der Waals surface area contributed by atoms with Crippen LogP contribution in [-0.4, -0.2) is 12.3 Å². The minimum Gasteiger partial charge on any atom is -0.464 e. The van der Waals surface area contributed by atoms with Crippen LogP contribution in [0.3, 0.4) is 0 Å². The van der Waals surface area contributed by atoms with Gasteiger partial charge in [0.1, 0.15) is 11.5 Å². The molecule has 1 aromatic heterocycles. The smallest absolute Gasteiger partial charge is 0.284 e. The van der Waals surface area contributed by atoms with Gasteiger partial charge in [-0.1, -0.05) is 44.4 Å². The van der Waals surface area contributed by atoms with Crippen LogP contribution in [-0.2, 0) is 12.3 Å². The van der Waals surface area contributed by atoms with E-state index in [1.54, 1.807) is 6.07 Å². The van der Waals surface area contributed by atoms with Crippen molar-refractivity contribution in [3.8, 4) is 0 Å². The summed E-state index contributed by atoms with van der Waals surface area (Å²) in [4.78, 5) is 0. The first kappa shape index (κ1) is 16.8. The standard InChI is InChI=1S/C16H25F2NOS/c1-12-2-4-13(5-3-12)8-9-19-10-14-6-7-15(20-14)11-21-16(17)18/h6-7,12-13,16,19H,2-5,8-11H2,1H3. The van der Waals surface area contributed by atoms with E-state index < -0.39 is 5.76 Å². The number of thioether (sulfide) groups is 1. The van der Waals surface area contributed by atoms with Gasteiger partial charge in [-0.2, -0.15) is 8.78 Å². The zero-order valence-corrected chi connectivity index (χ0v) is 13.4. The van der Waals surface area contributed by atoms with Crippen molar-refractivity contribution in [1.82, 2.24) is 5.32 Å². The van der Waals surface area contributed by atoms with Crippen molar-refractivity contribution in [1.29, 1.82) is 0 Å². The van der Waals surface area contributed by atoms with Gasteiger partial charge in [0.15, 0.2) is 0 Å². The Bertz CT molecular complexity index is 403. The van der Waals surface area contributed by atoms with E-state index in [9.17, 15) is 8.78 Å². The van der Waals surface area contributed by atoms with Crippen LogP contribution in [0.5, 0.6) is 0 Å². The molecule has 120 valence electrons. The van der Waals surface area contributed by atoms with Crippen LogP contribution in [0, 0.1) is 11.8 Å². The van der Waals surface area contributed by atoms with Gasteiger partial charge in [-0.25, -0.2) is 0 Å². The highest BCUT2D eigenvalue weighted by atomic mass is 32.2. The van der Waals surface area contributed by atoms with Crippen molar-refractivity contribution in [2.24, 2.45) is 11.8 Å². The number of furan rings is 1. The van der Waals surface area contributed by atoms with Gasteiger partial charge in [0, 0.05) is 0 Å². The number of hydrogen-bond acceptors (Lipinski definition) is 3. The molecule has 0 aromatic carbocycles. The maximum absolute atomic E-state index is 12.1. The van der Waals surface area contributed by atoms with Crippen LogP contribution >= 0.6 is 11.8 Å². The summed E-state index contributed by atoms with van der Waals surface area (Å²) in [5, 5.41) is 3.39. The molecule has 1 aliphatic carbocycles. The fraction of sp³-hybridized carbons (Fsp3) is 0.750. The molecule has 1 N–H and O–H groups in total. The summed E-state index contributed by atoms with van der Waals surface area (Å²) in [6.45, 7) is 4.03. The molecule has 2 rings (SSSR count). The second-order valence-electron chi connectivity index (χ2n) is 6.03. The fourth-order valence-corrected chi connectivity index (χ4v) is 3.32. The first-order valence-corrected chi connectivity index (χ1v) is 8.86. The predicted molar refractivity (Wildman–Crippen MR) is 83.5 cm³/mol. The molecule has 1 fully saturated rings. The number of nitrogens with one attached hydrogen (secondary N) is 1. The maximum atomic E-state index is 12.1. The summed E-state index contributed by atoms with van der Waals surface area (Å²) in [5.41, 5.74) is 0. The van der Waals surface area contributed by atoms with E-state index in [-0.39, 0.29) is 5.75 Å². The molecule has 0 bridgehead atoms. The quantitative estimate of drug-likeness (QED) is 0.680. The van der Waals surface area contributed by atoms with E-state index in [0.29, 0.717) is 24.1 Å². The van der Waals surface area contributed by atoms with Crippen molar-refractivity contribution in [3.05, 3.63) is 23.7 Å². The molecule has 1 saturated carbocycles. The highest BCUT2D eigenvalue weighted by Crippen LogP contribution is 2.30. The van der Waals surface area contributed by atoms with Crippen molar-refractivity contribution in [3.63, 3.8) is 0 Å². The van der Waals surface area contributed by atoms with Crippen molar-refractivity contribution in [2.45, 2.75) is 57.1 Å². The van der Waals surface area contributed by atoms with E-state index in [1.807, 2.05) is 6.07 Å². The zero-order chi connectivity index (χ0) is 15.1. The van der Waals surface area contributed by atoms with Crippen LogP contribution in [0.4, 0.5) is 8.78 Å². The van der Waals surface area contributed by atoms with E-state index >= 15 is 0 Å². The molecule has 0 aliphatic heterocycles. The van der Waals surface area contributed by atoms with Gasteiger partial charge in [0.2, 0.25) is 0 Å². The van der Waals surface area contributed by atoms with Crippen LogP contribution in [0.2, 0.25) is 0 Å². The summed E-state index contributed by atoms with van der Waals surface area (Å²) in [6, 6.07) is 3.66. The second kappa shape index (κ2) is 8.79. The molecule has 5 heteroatoms. The van der Waals surface area contributed by atoms with Crippen LogP contribution in [0.15, 0.2) is 16.5 Å². The van der Waals surface area contributed by atoms with Gasteiger partial charge < -0.3 is 9.73 Å². The van der Waals surface area contributed by atoms with Gasteiger partial charge in [-0.3, -0.25) is 0 Å². The highest BCUT2D eigenvalue weighted by molar-refractivity contribution is 7.98. The molecule has 0 unspecified atom stereocenters. The Morgan fingerprint density at radius 1 is 1.24 bits per heavy atom. The molecule has 1 aliphatic rings. The van der Waals surface area contributed by atoms with Crippen molar-refractivity contribution >= 4 is 11.8 Å². The third-order valence-electron chi connectivity index (χ3n) is 4.23. The molecule has 1 aromatic rings. The minimum absolute atomic E-state index is 0.234. The average molecular weight is 317 g/mol. The number of rotatable bonds is 8. The molecule has 1 heterocycles. The summed E-state index contributed by atoms with van der Waals surface area (Å²) in [6.07, 6.45) is 6.68.